The second kappa shape index (κ2) is 8.68. The average molecular weight is 458 g/mol. The molecule has 0 aromatic heterocycles. The van der Waals surface area contributed by atoms with Crippen LogP contribution >= 0.6 is 0 Å². The topological polar surface area (TPSA) is 40.5 Å². The van der Waals surface area contributed by atoms with Gasteiger partial charge in [-0.2, -0.15) is 0 Å². The van der Waals surface area contributed by atoms with Crippen molar-refractivity contribution in [3.05, 3.63) is 132 Å². The molecule has 1 amide bonds. The van der Waals surface area contributed by atoms with Crippen molar-refractivity contribution in [2.45, 2.75) is 24.5 Å². The van der Waals surface area contributed by atoms with Crippen molar-refractivity contribution in [3.63, 3.8) is 0 Å². The Morgan fingerprint density at radius 1 is 0.686 bits per heavy atom. The third kappa shape index (κ3) is 3.69. The van der Waals surface area contributed by atoms with E-state index in [4.69, 9.17) is 0 Å². The van der Waals surface area contributed by atoms with Crippen LogP contribution in [0.3, 0.4) is 0 Å². The summed E-state index contributed by atoms with van der Waals surface area (Å²) in [6.07, 6.45) is 1.58. The van der Waals surface area contributed by atoms with E-state index in [2.05, 4.69) is 48.5 Å². The van der Waals surface area contributed by atoms with Gasteiger partial charge in [0.2, 0.25) is 0 Å². The Balaban J connectivity index is 1.53. The van der Waals surface area contributed by atoms with Gasteiger partial charge in [-0.1, -0.05) is 91.0 Å². The molecule has 1 atom stereocenters. The number of aliphatic hydroxyl groups is 1. The van der Waals surface area contributed by atoms with Gasteiger partial charge in [-0.05, 0) is 69.8 Å². The number of rotatable bonds is 4. The molecule has 1 N–H and O–H groups in total. The number of benzene rings is 5. The fourth-order valence-electron chi connectivity index (χ4n) is 5.59. The van der Waals surface area contributed by atoms with E-state index in [0.29, 0.717) is 12.1 Å². The lowest BCUT2D eigenvalue weighted by Crippen LogP contribution is -2.50. The molecule has 3 nitrogen and oxygen atoms in total. The molecule has 3 heteroatoms. The van der Waals surface area contributed by atoms with Gasteiger partial charge in [-0.3, -0.25) is 4.79 Å². The summed E-state index contributed by atoms with van der Waals surface area (Å²) in [7, 11) is 0. The molecule has 0 aliphatic carbocycles. The number of carbonyl (C=O) groups is 1. The maximum Gasteiger partial charge on any atom is 0.254 e. The first kappa shape index (κ1) is 21.6. The van der Waals surface area contributed by atoms with E-state index in [1.54, 1.807) is 0 Å². The van der Waals surface area contributed by atoms with Gasteiger partial charge in [0.05, 0.1) is 6.04 Å². The van der Waals surface area contributed by atoms with Crippen molar-refractivity contribution in [2.75, 3.05) is 6.54 Å². The summed E-state index contributed by atoms with van der Waals surface area (Å²) in [4.78, 5) is 15.5. The molecule has 1 aliphatic heterocycles. The van der Waals surface area contributed by atoms with E-state index in [1.807, 2.05) is 71.6 Å². The molecule has 172 valence electrons. The summed E-state index contributed by atoms with van der Waals surface area (Å²) in [5, 5.41) is 17.1. The average Bonchev–Trinajstić information content (AvgIpc) is 3.43. The molecule has 0 saturated carbocycles. The molecule has 5 aromatic rings. The van der Waals surface area contributed by atoms with Crippen molar-refractivity contribution >= 4 is 27.5 Å². The largest absolute Gasteiger partial charge is 0.378 e. The van der Waals surface area contributed by atoms with Crippen LogP contribution in [-0.4, -0.2) is 28.5 Å². The van der Waals surface area contributed by atoms with Gasteiger partial charge >= 0.3 is 0 Å². The minimum atomic E-state index is -1.35. The van der Waals surface area contributed by atoms with Crippen LogP contribution in [0.15, 0.2) is 115 Å². The quantitative estimate of drug-likeness (QED) is 0.333. The van der Waals surface area contributed by atoms with Crippen molar-refractivity contribution in [1.82, 2.24) is 4.90 Å². The Hall–Kier alpha value is -3.95. The number of hydrogen-bond acceptors (Lipinski definition) is 2. The van der Waals surface area contributed by atoms with E-state index in [0.717, 1.165) is 45.5 Å². The molecule has 0 radical (unpaired) electrons. The van der Waals surface area contributed by atoms with Crippen LogP contribution in [0.2, 0.25) is 0 Å². The standard InChI is InChI=1S/C32H27NO2/c34-31(25-11-2-1-3-12-25)33-20-8-15-30(33)32(35,28-18-16-23-9-4-6-13-26(23)21-28)29-19-17-24-10-5-7-14-27(24)22-29/h1-7,9-14,16-19,21-22,30,35H,8,15,20H2. The van der Waals surface area contributed by atoms with Crippen LogP contribution in [0, 0.1) is 0 Å². The van der Waals surface area contributed by atoms with Gasteiger partial charge in [0.1, 0.15) is 5.60 Å². The van der Waals surface area contributed by atoms with Crippen molar-refractivity contribution < 1.29 is 9.90 Å². The molecule has 1 heterocycles. The molecule has 1 aliphatic rings. The minimum absolute atomic E-state index is 0.0342. The third-order valence-corrected chi connectivity index (χ3v) is 7.40. The molecule has 6 rings (SSSR count). The monoisotopic (exact) mass is 457 g/mol. The van der Waals surface area contributed by atoms with Crippen LogP contribution in [0.1, 0.15) is 34.3 Å². The molecule has 0 bridgehead atoms. The summed E-state index contributed by atoms with van der Waals surface area (Å²) >= 11 is 0. The SMILES string of the molecule is O=C(c1ccccc1)N1CCCC1C(O)(c1ccc2ccccc2c1)c1ccc2ccccc2c1. The zero-order chi connectivity index (χ0) is 23.8. The van der Waals surface area contributed by atoms with Crippen LogP contribution in [0.5, 0.6) is 0 Å². The predicted octanol–water partition coefficient (Wildman–Crippen LogP) is 6.53. The van der Waals surface area contributed by atoms with E-state index in [1.165, 1.54) is 0 Å². The van der Waals surface area contributed by atoms with Crippen molar-refractivity contribution in [2.24, 2.45) is 0 Å². The maximum absolute atomic E-state index is 13.6. The normalized spacial score (nSPS) is 16.1. The van der Waals surface area contributed by atoms with Crippen LogP contribution < -0.4 is 0 Å². The highest BCUT2D eigenvalue weighted by Crippen LogP contribution is 2.42. The first-order valence-electron chi connectivity index (χ1n) is 12.2. The molecular weight excluding hydrogens is 430 g/mol. The van der Waals surface area contributed by atoms with Gasteiger partial charge < -0.3 is 10.0 Å². The Bertz CT molecular complexity index is 1450. The zero-order valence-electron chi connectivity index (χ0n) is 19.5. The van der Waals surface area contributed by atoms with Crippen molar-refractivity contribution in [3.8, 4) is 0 Å². The van der Waals surface area contributed by atoms with Gasteiger partial charge in [-0.15, -0.1) is 0 Å². The summed E-state index contributed by atoms with van der Waals surface area (Å²) in [5.74, 6) is -0.0342. The minimum Gasteiger partial charge on any atom is -0.378 e. The Kier molecular flexibility index (Phi) is 5.35. The smallest absolute Gasteiger partial charge is 0.254 e. The highest BCUT2D eigenvalue weighted by molar-refractivity contribution is 5.95. The number of nitrogens with zero attached hydrogens (tertiary/aromatic N) is 1. The highest BCUT2D eigenvalue weighted by Gasteiger charge is 2.47. The first-order valence-corrected chi connectivity index (χ1v) is 12.2. The number of fused-ring (bicyclic) bond motifs is 2. The van der Waals surface area contributed by atoms with Gasteiger partial charge in [-0.25, -0.2) is 0 Å². The van der Waals surface area contributed by atoms with Gasteiger partial charge in [0.15, 0.2) is 0 Å². The molecule has 1 unspecified atom stereocenters. The van der Waals surface area contributed by atoms with Gasteiger partial charge in [0, 0.05) is 12.1 Å². The number of amides is 1. The third-order valence-electron chi connectivity index (χ3n) is 7.40. The molecule has 5 aromatic carbocycles. The first-order chi connectivity index (χ1) is 17.1. The summed E-state index contributed by atoms with van der Waals surface area (Å²) in [6.45, 7) is 0.627. The van der Waals surface area contributed by atoms with Gasteiger partial charge in [0.25, 0.3) is 5.91 Å². The molecule has 0 spiro atoms. The van der Waals surface area contributed by atoms with E-state index < -0.39 is 5.60 Å². The number of hydrogen-bond donors (Lipinski definition) is 1. The molecule has 1 saturated heterocycles. The lowest BCUT2D eigenvalue weighted by molar-refractivity contribution is -0.000547. The Morgan fingerprint density at radius 3 is 1.77 bits per heavy atom. The second-order valence-corrected chi connectivity index (χ2v) is 9.41. The van der Waals surface area contributed by atoms with Crippen LogP contribution in [0.25, 0.3) is 21.5 Å². The lowest BCUT2D eigenvalue weighted by Gasteiger charge is -2.40. The Labute approximate surface area is 205 Å². The summed E-state index contributed by atoms with van der Waals surface area (Å²) in [6, 6.07) is 37.7. The second-order valence-electron chi connectivity index (χ2n) is 9.41. The Morgan fingerprint density at radius 2 is 1.20 bits per heavy atom. The summed E-state index contributed by atoms with van der Waals surface area (Å²) in [5.41, 5.74) is 0.918. The number of likely N-dealkylation sites (tertiary alicyclic amines) is 1. The van der Waals surface area contributed by atoms with Crippen molar-refractivity contribution in [1.29, 1.82) is 0 Å². The highest BCUT2D eigenvalue weighted by atomic mass is 16.3. The summed E-state index contributed by atoms with van der Waals surface area (Å²) < 4.78 is 0. The fourth-order valence-corrected chi connectivity index (χ4v) is 5.59. The molecule has 1 fully saturated rings. The number of carbonyl (C=O) groups excluding carboxylic acids is 1. The molecular formula is C32H27NO2. The van der Waals surface area contributed by atoms with E-state index >= 15 is 0 Å². The predicted molar refractivity (Wildman–Crippen MR) is 141 cm³/mol. The maximum atomic E-state index is 13.6. The van der Waals surface area contributed by atoms with Crippen LogP contribution in [0.4, 0.5) is 0 Å². The van der Waals surface area contributed by atoms with E-state index in [9.17, 15) is 9.90 Å². The van der Waals surface area contributed by atoms with Crippen LogP contribution in [-0.2, 0) is 5.60 Å². The zero-order valence-corrected chi connectivity index (χ0v) is 19.5. The van der Waals surface area contributed by atoms with E-state index in [-0.39, 0.29) is 11.9 Å². The lowest BCUT2D eigenvalue weighted by atomic mass is 9.77. The molecule has 35 heavy (non-hydrogen) atoms. The fraction of sp³-hybridized carbons (Fsp3) is 0.156.